The molecule has 0 atom stereocenters. The number of nitrogens with zero attached hydrogens (tertiary/aromatic N) is 1. The van der Waals surface area contributed by atoms with Gasteiger partial charge in [0.15, 0.2) is 17.2 Å². The Kier molecular flexibility index (Phi) is 4.71. The van der Waals surface area contributed by atoms with Gasteiger partial charge in [-0.15, -0.1) is 0 Å². The van der Waals surface area contributed by atoms with Crippen LogP contribution in [0.25, 0.3) is 5.52 Å². The van der Waals surface area contributed by atoms with Crippen molar-refractivity contribution in [3.63, 3.8) is 0 Å². The summed E-state index contributed by atoms with van der Waals surface area (Å²) in [6.45, 7) is 1.61. The van der Waals surface area contributed by atoms with Crippen LogP contribution in [0.15, 0.2) is 47.4 Å². The van der Waals surface area contributed by atoms with Gasteiger partial charge in [-0.3, -0.25) is 9.20 Å². The fourth-order valence-corrected chi connectivity index (χ4v) is 2.78. The Morgan fingerprint density at radius 3 is 2.65 bits per heavy atom. The summed E-state index contributed by atoms with van der Waals surface area (Å²) in [7, 11) is 0. The van der Waals surface area contributed by atoms with Crippen molar-refractivity contribution >= 4 is 11.5 Å². The van der Waals surface area contributed by atoms with Gasteiger partial charge in [0.05, 0.1) is 12.1 Å². The van der Waals surface area contributed by atoms with E-state index in [0.29, 0.717) is 11.1 Å². The van der Waals surface area contributed by atoms with E-state index in [1.807, 2.05) is 0 Å². The van der Waals surface area contributed by atoms with Crippen molar-refractivity contribution in [3.8, 4) is 5.75 Å². The fourth-order valence-electron chi connectivity index (χ4n) is 2.78. The molecule has 3 aromatic rings. The second kappa shape index (κ2) is 6.95. The third kappa shape index (κ3) is 3.03. The van der Waals surface area contributed by atoms with Gasteiger partial charge in [0.25, 0.3) is 5.56 Å². The van der Waals surface area contributed by atoms with Crippen molar-refractivity contribution in [3.05, 3.63) is 81.3 Å². The Hall–Kier alpha value is -3.22. The maximum atomic E-state index is 13.5. The van der Waals surface area contributed by atoms with Crippen LogP contribution in [-0.2, 0) is 11.2 Å². The number of benzene rings is 1. The molecule has 0 spiro atoms. The van der Waals surface area contributed by atoms with Gasteiger partial charge >= 0.3 is 5.97 Å². The maximum Gasteiger partial charge on any atom is 0.347 e. The zero-order valence-electron chi connectivity index (χ0n) is 13.8. The predicted octanol–water partition coefficient (Wildman–Crippen LogP) is 3.05. The zero-order valence-corrected chi connectivity index (χ0v) is 13.8. The minimum absolute atomic E-state index is 0.0107. The second-order valence-corrected chi connectivity index (χ2v) is 5.61. The van der Waals surface area contributed by atoms with Crippen LogP contribution in [0.4, 0.5) is 8.78 Å². The van der Waals surface area contributed by atoms with Crippen molar-refractivity contribution in [2.75, 3.05) is 6.61 Å². The average molecular weight is 359 g/mol. The van der Waals surface area contributed by atoms with Crippen molar-refractivity contribution in [2.24, 2.45) is 0 Å². The first-order valence-corrected chi connectivity index (χ1v) is 7.90. The van der Waals surface area contributed by atoms with Crippen LogP contribution in [0, 0.1) is 11.6 Å². The SMILES string of the molecule is CCOC(=O)c1c(O)c(Cc2ccc(F)c(F)c2)c2ccccn2c1=O. The van der Waals surface area contributed by atoms with Gasteiger partial charge in [0.1, 0.15) is 5.75 Å². The number of fused-ring (bicyclic) bond motifs is 1. The molecule has 0 saturated heterocycles. The van der Waals surface area contributed by atoms with Crippen molar-refractivity contribution in [1.82, 2.24) is 4.40 Å². The summed E-state index contributed by atoms with van der Waals surface area (Å²) in [6.07, 6.45) is 1.44. The van der Waals surface area contributed by atoms with Crippen LogP contribution in [-0.4, -0.2) is 22.1 Å². The van der Waals surface area contributed by atoms with Crippen LogP contribution in [0.2, 0.25) is 0 Å². The summed E-state index contributed by atoms with van der Waals surface area (Å²) in [5.74, 6) is -3.48. The highest BCUT2D eigenvalue weighted by molar-refractivity contribution is 5.93. The van der Waals surface area contributed by atoms with Gasteiger partial charge < -0.3 is 9.84 Å². The molecule has 0 aliphatic carbocycles. The Morgan fingerprint density at radius 1 is 1.19 bits per heavy atom. The number of rotatable bonds is 4. The average Bonchev–Trinajstić information content (AvgIpc) is 2.62. The van der Waals surface area contributed by atoms with Crippen LogP contribution in [0.1, 0.15) is 28.4 Å². The largest absolute Gasteiger partial charge is 0.506 e. The number of hydrogen-bond acceptors (Lipinski definition) is 4. The first-order valence-electron chi connectivity index (χ1n) is 7.90. The summed E-state index contributed by atoms with van der Waals surface area (Å²) < 4.78 is 32.7. The Balaban J connectivity index is 2.24. The lowest BCUT2D eigenvalue weighted by Gasteiger charge is -2.14. The highest BCUT2D eigenvalue weighted by Gasteiger charge is 2.24. The predicted molar refractivity (Wildman–Crippen MR) is 90.5 cm³/mol. The van der Waals surface area contributed by atoms with E-state index >= 15 is 0 Å². The van der Waals surface area contributed by atoms with E-state index in [1.165, 1.54) is 16.7 Å². The molecular formula is C19H15F2NO4. The quantitative estimate of drug-likeness (QED) is 0.727. The summed E-state index contributed by atoms with van der Waals surface area (Å²) in [5.41, 5.74) is -0.246. The molecule has 0 radical (unpaired) electrons. The van der Waals surface area contributed by atoms with Crippen molar-refractivity contribution in [2.45, 2.75) is 13.3 Å². The summed E-state index contributed by atoms with van der Waals surface area (Å²) in [4.78, 5) is 24.7. The summed E-state index contributed by atoms with van der Waals surface area (Å²) in [5, 5.41) is 10.6. The molecule has 0 saturated carbocycles. The van der Waals surface area contributed by atoms with Gasteiger partial charge in [-0.25, -0.2) is 13.6 Å². The molecule has 0 fully saturated rings. The lowest BCUT2D eigenvalue weighted by molar-refractivity contribution is 0.0520. The standard InChI is InChI=1S/C19H15F2NO4/c1-2-26-19(25)16-17(23)12(9-11-6-7-13(20)14(21)10-11)15-5-3-4-8-22(15)18(16)24/h3-8,10,23H,2,9H2,1H3. The number of halogens is 2. The number of carbonyl (C=O) groups excluding carboxylic acids is 1. The molecule has 0 aliphatic rings. The third-order valence-corrected chi connectivity index (χ3v) is 3.97. The molecule has 134 valence electrons. The first-order chi connectivity index (χ1) is 12.4. The lowest BCUT2D eigenvalue weighted by Crippen LogP contribution is -2.25. The third-order valence-electron chi connectivity index (χ3n) is 3.97. The van der Waals surface area contributed by atoms with Crippen LogP contribution < -0.4 is 5.56 Å². The fraction of sp³-hybridized carbons (Fsp3) is 0.158. The van der Waals surface area contributed by atoms with E-state index in [4.69, 9.17) is 4.74 Å². The van der Waals surface area contributed by atoms with E-state index in [9.17, 15) is 23.5 Å². The maximum absolute atomic E-state index is 13.5. The molecule has 1 aromatic carbocycles. The van der Waals surface area contributed by atoms with E-state index < -0.39 is 34.5 Å². The number of aromatic hydroxyl groups is 1. The van der Waals surface area contributed by atoms with Crippen molar-refractivity contribution in [1.29, 1.82) is 0 Å². The minimum Gasteiger partial charge on any atom is -0.506 e. The number of carbonyl (C=O) groups is 1. The molecule has 3 rings (SSSR count). The summed E-state index contributed by atoms with van der Waals surface area (Å²) >= 11 is 0. The smallest absolute Gasteiger partial charge is 0.347 e. The van der Waals surface area contributed by atoms with E-state index in [-0.39, 0.29) is 18.6 Å². The van der Waals surface area contributed by atoms with Gasteiger partial charge in [-0.05, 0) is 36.8 Å². The topological polar surface area (TPSA) is 68.0 Å². The number of ether oxygens (including phenoxy) is 1. The lowest BCUT2D eigenvalue weighted by atomic mass is 10.0. The molecule has 0 unspecified atom stereocenters. The molecule has 7 heteroatoms. The van der Waals surface area contributed by atoms with Crippen LogP contribution >= 0.6 is 0 Å². The van der Waals surface area contributed by atoms with Crippen LogP contribution in [0.3, 0.4) is 0 Å². The number of esters is 1. The van der Waals surface area contributed by atoms with Crippen LogP contribution in [0.5, 0.6) is 5.75 Å². The van der Waals surface area contributed by atoms with E-state index in [0.717, 1.165) is 12.1 Å². The first kappa shape index (κ1) is 17.6. The van der Waals surface area contributed by atoms with Gasteiger partial charge in [0.2, 0.25) is 0 Å². The van der Waals surface area contributed by atoms with E-state index in [2.05, 4.69) is 0 Å². The van der Waals surface area contributed by atoms with Gasteiger partial charge in [-0.1, -0.05) is 12.1 Å². The monoisotopic (exact) mass is 359 g/mol. The highest BCUT2D eigenvalue weighted by Crippen LogP contribution is 2.28. The number of pyridine rings is 2. The normalized spacial score (nSPS) is 10.9. The minimum atomic E-state index is -1.02. The Bertz CT molecular complexity index is 1060. The number of hydrogen-bond donors (Lipinski definition) is 1. The molecule has 5 nitrogen and oxygen atoms in total. The van der Waals surface area contributed by atoms with Gasteiger partial charge in [-0.2, -0.15) is 0 Å². The molecule has 0 bridgehead atoms. The molecule has 2 heterocycles. The zero-order chi connectivity index (χ0) is 18.8. The molecule has 0 aliphatic heterocycles. The Labute approximate surface area is 147 Å². The second-order valence-electron chi connectivity index (χ2n) is 5.61. The molecule has 1 N–H and O–H groups in total. The highest BCUT2D eigenvalue weighted by atomic mass is 19.2. The van der Waals surface area contributed by atoms with Gasteiger partial charge in [0, 0.05) is 18.2 Å². The molecule has 0 amide bonds. The molecular weight excluding hydrogens is 344 g/mol. The molecule has 2 aromatic heterocycles. The summed E-state index contributed by atoms with van der Waals surface area (Å²) in [6, 6.07) is 8.20. The molecule has 26 heavy (non-hydrogen) atoms. The Morgan fingerprint density at radius 2 is 1.96 bits per heavy atom. The number of aromatic nitrogens is 1. The van der Waals surface area contributed by atoms with E-state index in [1.54, 1.807) is 25.1 Å². The van der Waals surface area contributed by atoms with Crippen molar-refractivity contribution < 1.29 is 23.4 Å².